The fourth-order valence-corrected chi connectivity index (χ4v) is 5.86. The van der Waals surface area contributed by atoms with Crippen LogP contribution in [0.2, 0.25) is 0 Å². The average molecular weight is 467 g/mol. The highest BCUT2D eigenvalue weighted by Crippen LogP contribution is 2.40. The second-order valence-corrected chi connectivity index (χ2v) is 10.1. The molecule has 3 aromatic rings. The van der Waals surface area contributed by atoms with Crippen molar-refractivity contribution < 1.29 is 13.0 Å². The summed E-state index contributed by atoms with van der Waals surface area (Å²) in [6.45, 7) is -0.869. The van der Waals surface area contributed by atoms with Gasteiger partial charge < -0.3 is 15.0 Å². The quantitative estimate of drug-likeness (QED) is 0.608. The fourth-order valence-electron chi connectivity index (χ4n) is 5.86. The Balaban J connectivity index is 1.10. The fraction of sp³-hybridized carbons (Fsp3) is 0.593. The third-order valence-electron chi connectivity index (χ3n) is 7.59. The van der Waals surface area contributed by atoms with Gasteiger partial charge in [-0.05, 0) is 80.5 Å². The van der Waals surface area contributed by atoms with E-state index in [4.69, 9.17) is 13.0 Å². The van der Waals surface area contributed by atoms with E-state index in [2.05, 4.69) is 33.6 Å². The summed E-state index contributed by atoms with van der Waals surface area (Å²) in [7, 11) is 1.92. The summed E-state index contributed by atoms with van der Waals surface area (Å²) in [5, 5.41) is 18.3. The van der Waals surface area contributed by atoms with E-state index in [0.29, 0.717) is 24.9 Å². The van der Waals surface area contributed by atoms with Crippen LogP contribution in [0.25, 0.3) is 22.2 Å². The predicted molar refractivity (Wildman–Crippen MR) is 135 cm³/mol. The molecule has 1 N–H and O–H groups in total. The summed E-state index contributed by atoms with van der Waals surface area (Å²) in [4.78, 5) is 1.81. The van der Waals surface area contributed by atoms with E-state index >= 15 is 0 Å². The van der Waals surface area contributed by atoms with Crippen molar-refractivity contribution in [3.8, 4) is 11.3 Å². The molecule has 3 aliphatic rings. The molecular formula is C27H36N6O. The van der Waals surface area contributed by atoms with E-state index in [9.17, 15) is 0 Å². The van der Waals surface area contributed by atoms with Crippen molar-refractivity contribution >= 4 is 16.7 Å². The summed E-state index contributed by atoms with van der Waals surface area (Å²) in [5.41, 5.74) is 4.97. The van der Waals surface area contributed by atoms with Crippen LogP contribution in [-0.2, 0) is 11.8 Å². The Morgan fingerprint density at radius 2 is 1.91 bits per heavy atom. The average Bonchev–Trinajstić information content (AvgIpc) is 3.52. The number of benzene rings is 1. The van der Waals surface area contributed by atoms with Crippen LogP contribution in [0.3, 0.4) is 0 Å². The van der Waals surface area contributed by atoms with Crippen molar-refractivity contribution in [3.05, 3.63) is 35.5 Å². The molecule has 3 atom stereocenters. The van der Waals surface area contributed by atoms with Crippen LogP contribution in [0.4, 0.5) is 5.82 Å². The molecule has 1 unspecified atom stereocenters. The van der Waals surface area contributed by atoms with Gasteiger partial charge in [0.2, 0.25) is 0 Å². The van der Waals surface area contributed by atoms with Crippen LogP contribution in [0.15, 0.2) is 24.4 Å². The van der Waals surface area contributed by atoms with E-state index < -0.39 is 25.5 Å². The number of anilines is 1. The van der Waals surface area contributed by atoms with E-state index in [1.165, 1.54) is 0 Å². The second kappa shape index (κ2) is 8.93. The van der Waals surface area contributed by atoms with Crippen LogP contribution in [0.1, 0.15) is 45.0 Å². The van der Waals surface area contributed by atoms with Crippen LogP contribution in [0, 0.1) is 31.6 Å². The molecule has 1 aromatic carbocycles. The topological polar surface area (TPSA) is 68.1 Å². The number of nitrogens with zero attached hydrogens (tertiary/aromatic N) is 5. The zero-order valence-electron chi connectivity index (χ0n) is 26.0. The van der Waals surface area contributed by atoms with Crippen molar-refractivity contribution in [2.45, 2.75) is 45.6 Å². The molecule has 2 aliphatic heterocycles. The lowest BCUT2D eigenvalue weighted by Crippen LogP contribution is -2.32. The lowest BCUT2D eigenvalue weighted by molar-refractivity contribution is 0.0545. The summed E-state index contributed by atoms with van der Waals surface area (Å²) in [5.74, 6) is 0.635. The van der Waals surface area contributed by atoms with Crippen LogP contribution in [0.5, 0.6) is 0 Å². The maximum Gasteiger partial charge on any atom is 0.151 e. The molecule has 0 radical (unpaired) electrons. The first-order chi connectivity index (χ1) is 18.7. The smallest absolute Gasteiger partial charge is 0.151 e. The Hall–Kier alpha value is -2.51. The number of nitrogens with one attached hydrogen (secondary N) is 1. The van der Waals surface area contributed by atoms with Gasteiger partial charge in [0.05, 0.1) is 16.7 Å². The number of ether oxygens (including phenoxy) is 1. The summed E-state index contributed by atoms with van der Waals surface area (Å²) >= 11 is 0. The number of aryl methyl sites for hydroxylation is 3. The molecule has 7 heteroatoms. The van der Waals surface area contributed by atoms with E-state index in [1.807, 2.05) is 41.9 Å². The van der Waals surface area contributed by atoms with Crippen molar-refractivity contribution in [1.82, 2.24) is 24.9 Å². The van der Waals surface area contributed by atoms with Crippen molar-refractivity contribution in [2.75, 3.05) is 38.0 Å². The predicted octanol–water partition coefficient (Wildman–Crippen LogP) is 4.20. The highest BCUT2D eigenvalue weighted by Gasteiger charge is 2.41. The Labute approximate surface area is 210 Å². The minimum Gasteiger partial charge on any atom is -0.381 e. The molecule has 7 nitrogen and oxygen atoms in total. The van der Waals surface area contributed by atoms with Gasteiger partial charge in [0.25, 0.3) is 0 Å². The monoisotopic (exact) mass is 466 g/mol. The van der Waals surface area contributed by atoms with Gasteiger partial charge in [-0.3, -0.25) is 4.68 Å². The van der Waals surface area contributed by atoms with E-state index in [-0.39, 0.29) is 18.9 Å². The standard InChI is InChI=1S/C27H36N6O/c1-17-10-26(23-4-5-25-24(18(23)2)16-32(3)31-25)29-30-27(17)28-22-11-20-14-33(15-21(20)12-22)13-19-6-8-34-9-7-19/h4-5,10,16,19-22H,6-9,11-15H2,1-3H3,(H,28,30)/t20-,21+,22?/i8D2,9D2,13D2. The van der Waals surface area contributed by atoms with E-state index in [1.54, 1.807) is 0 Å². The minimum atomic E-state index is -2.18. The number of rotatable bonds is 5. The number of fused-ring (bicyclic) bond motifs is 2. The van der Waals surface area contributed by atoms with Crippen LogP contribution in [-0.4, -0.2) is 63.6 Å². The molecule has 1 aliphatic carbocycles. The highest BCUT2D eigenvalue weighted by molar-refractivity contribution is 5.88. The molecule has 0 spiro atoms. The van der Waals surface area contributed by atoms with Crippen molar-refractivity contribution in [2.24, 2.45) is 24.8 Å². The highest BCUT2D eigenvalue weighted by atomic mass is 16.5. The molecule has 180 valence electrons. The molecule has 1 saturated carbocycles. The third-order valence-corrected chi connectivity index (χ3v) is 7.59. The first-order valence-corrected chi connectivity index (χ1v) is 12.2. The molecule has 34 heavy (non-hydrogen) atoms. The number of aromatic nitrogens is 4. The lowest BCUT2D eigenvalue weighted by atomic mass is 10.00. The number of hydrogen-bond acceptors (Lipinski definition) is 6. The van der Waals surface area contributed by atoms with Gasteiger partial charge in [-0.15, -0.1) is 10.2 Å². The molecule has 0 amide bonds. The molecule has 2 saturated heterocycles. The van der Waals surface area contributed by atoms with Gasteiger partial charge in [0, 0.05) is 65.7 Å². The Bertz CT molecular complexity index is 1410. The second-order valence-electron chi connectivity index (χ2n) is 10.1. The molecular weight excluding hydrogens is 424 g/mol. The largest absolute Gasteiger partial charge is 0.381 e. The first-order valence-electron chi connectivity index (χ1n) is 15.2. The molecule has 3 fully saturated rings. The molecule has 6 rings (SSSR count). The zero-order valence-corrected chi connectivity index (χ0v) is 20.0. The Kier molecular flexibility index (Phi) is 4.26. The summed E-state index contributed by atoms with van der Waals surface area (Å²) in [6.07, 6.45) is 3.50. The minimum absolute atomic E-state index is 0.154. The third kappa shape index (κ3) is 4.20. The van der Waals surface area contributed by atoms with Gasteiger partial charge >= 0.3 is 0 Å². The normalized spacial score (nSPS) is 31.8. The van der Waals surface area contributed by atoms with Gasteiger partial charge in [-0.2, -0.15) is 5.10 Å². The number of likely N-dealkylation sites (tertiary alicyclic amines) is 1. The summed E-state index contributed by atoms with van der Waals surface area (Å²) < 4.78 is 56.2. The Morgan fingerprint density at radius 1 is 1.15 bits per heavy atom. The lowest BCUT2D eigenvalue weighted by Gasteiger charge is -2.27. The van der Waals surface area contributed by atoms with Crippen LogP contribution >= 0.6 is 0 Å². The molecule has 4 heterocycles. The van der Waals surface area contributed by atoms with Gasteiger partial charge in [0.15, 0.2) is 5.82 Å². The van der Waals surface area contributed by atoms with Crippen molar-refractivity contribution in [3.63, 3.8) is 0 Å². The van der Waals surface area contributed by atoms with Crippen molar-refractivity contribution in [1.29, 1.82) is 0 Å². The maximum absolute atomic E-state index is 8.83. The molecule has 2 aromatic heterocycles. The zero-order chi connectivity index (χ0) is 28.6. The Morgan fingerprint density at radius 3 is 2.65 bits per heavy atom. The molecule has 0 bridgehead atoms. The number of hydrogen-bond donors (Lipinski definition) is 1. The first kappa shape index (κ1) is 16.2. The maximum atomic E-state index is 8.83. The SMILES string of the molecule is [2H]C1([2H])CC(C([2H])([2H])N2C[C@H]3CC(Nc4nnc(-c5ccc6nn(C)cc6c5C)cc4C)C[C@H]3C2)CC([2H])([2H])O1. The van der Waals surface area contributed by atoms with Crippen LogP contribution < -0.4 is 5.32 Å². The summed E-state index contributed by atoms with van der Waals surface area (Å²) in [6, 6.07) is 6.35. The van der Waals surface area contributed by atoms with Gasteiger partial charge in [-0.1, -0.05) is 6.07 Å². The van der Waals surface area contributed by atoms with Gasteiger partial charge in [0.1, 0.15) is 0 Å². The van der Waals surface area contributed by atoms with Gasteiger partial charge in [-0.25, -0.2) is 0 Å². The van der Waals surface area contributed by atoms with E-state index in [0.717, 1.165) is 51.9 Å².